The molecule has 0 aromatic heterocycles. The molecule has 0 saturated heterocycles. The van der Waals surface area contributed by atoms with E-state index in [1.807, 2.05) is 19.1 Å². The van der Waals surface area contributed by atoms with Crippen molar-refractivity contribution in [3.63, 3.8) is 0 Å². The summed E-state index contributed by atoms with van der Waals surface area (Å²) in [5, 5.41) is 4.87. The Morgan fingerprint density at radius 2 is 2.05 bits per heavy atom. The summed E-state index contributed by atoms with van der Waals surface area (Å²) in [4.78, 5) is 5.43. The zero-order chi connectivity index (χ0) is 13.9. The van der Waals surface area contributed by atoms with Gasteiger partial charge in [0.05, 0.1) is 12.8 Å². The van der Waals surface area contributed by atoms with Crippen molar-refractivity contribution in [1.82, 2.24) is 0 Å². The summed E-state index contributed by atoms with van der Waals surface area (Å²) in [6.07, 6.45) is 0.736. The molecule has 0 aliphatic carbocycles. The Kier molecular flexibility index (Phi) is 4.47. The van der Waals surface area contributed by atoms with E-state index in [9.17, 15) is 0 Å². The number of benzene rings is 1. The van der Waals surface area contributed by atoms with Gasteiger partial charge in [-0.3, -0.25) is 0 Å². The first-order valence-electron chi connectivity index (χ1n) is 6.12. The molecule has 1 aromatic carbocycles. The monoisotopic (exact) mass is 327 g/mol. The molecule has 1 aliphatic rings. The van der Waals surface area contributed by atoms with Gasteiger partial charge < -0.3 is 14.3 Å². The highest BCUT2D eigenvalue weighted by atomic mass is 79.9. The second-order valence-electron chi connectivity index (χ2n) is 4.68. The minimum Gasteiger partial charge on any atom is -0.497 e. The van der Waals surface area contributed by atoms with Crippen molar-refractivity contribution in [3.8, 4) is 5.75 Å². The summed E-state index contributed by atoms with van der Waals surface area (Å²) in [5.74, 6) is 0.364. The summed E-state index contributed by atoms with van der Waals surface area (Å²) in [7, 11) is 3.30. The Labute approximate surface area is 121 Å². The second-order valence-corrected chi connectivity index (χ2v) is 5.24. The van der Waals surface area contributed by atoms with Crippen molar-refractivity contribution in [2.45, 2.75) is 25.0 Å². The van der Waals surface area contributed by atoms with Crippen LogP contribution in [0.3, 0.4) is 0 Å². The van der Waals surface area contributed by atoms with E-state index in [4.69, 9.17) is 14.3 Å². The third kappa shape index (κ3) is 3.09. The van der Waals surface area contributed by atoms with Crippen molar-refractivity contribution >= 4 is 21.6 Å². The van der Waals surface area contributed by atoms with E-state index >= 15 is 0 Å². The number of rotatable bonds is 4. The molecule has 0 fully saturated rings. The van der Waals surface area contributed by atoms with Crippen molar-refractivity contribution in [2.24, 2.45) is 5.16 Å². The van der Waals surface area contributed by atoms with Gasteiger partial charge in [0.2, 0.25) is 5.79 Å². The molecule has 0 radical (unpaired) electrons. The lowest BCUT2D eigenvalue weighted by Gasteiger charge is -2.34. The molecule has 0 saturated carbocycles. The number of oxime groups is 1. The van der Waals surface area contributed by atoms with Gasteiger partial charge in [-0.2, -0.15) is 0 Å². The van der Waals surface area contributed by atoms with Crippen LogP contribution in [0, 0.1) is 0 Å². The molecule has 0 spiro atoms. The zero-order valence-electron chi connectivity index (χ0n) is 11.4. The van der Waals surface area contributed by atoms with Gasteiger partial charge in [-0.15, -0.1) is 0 Å². The lowest BCUT2D eigenvalue weighted by Crippen LogP contribution is -2.38. The first kappa shape index (κ1) is 14.3. The van der Waals surface area contributed by atoms with Gasteiger partial charge in [-0.05, 0) is 17.7 Å². The molecular formula is C14H18BrNO3. The molecule has 5 heteroatoms. The third-order valence-corrected chi connectivity index (χ3v) is 3.99. The number of alkyl halides is 1. The number of ether oxygens (including phenoxy) is 2. The molecule has 2 atom stereocenters. The fraction of sp³-hybridized carbons (Fsp3) is 0.500. The fourth-order valence-corrected chi connectivity index (χ4v) is 2.62. The predicted octanol–water partition coefficient (Wildman–Crippen LogP) is 3.31. The van der Waals surface area contributed by atoms with Crippen LogP contribution in [0.25, 0.3) is 0 Å². The fourth-order valence-electron chi connectivity index (χ4n) is 2.13. The maximum Gasteiger partial charge on any atom is 0.234 e. The van der Waals surface area contributed by atoms with E-state index in [0.717, 1.165) is 17.9 Å². The van der Waals surface area contributed by atoms with Crippen LogP contribution < -0.4 is 4.74 Å². The van der Waals surface area contributed by atoms with E-state index in [1.54, 1.807) is 14.2 Å². The Bertz CT molecular complexity index is 460. The Balaban J connectivity index is 2.28. The SMILES string of the molecule is COc1ccc([C@@H]2C[C@](C)(OC)ON=C2CBr)cc1. The van der Waals surface area contributed by atoms with Crippen molar-refractivity contribution in [1.29, 1.82) is 0 Å². The van der Waals surface area contributed by atoms with Crippen molar-refractivity contribution in [3.05, 3.63) is 29.8 Å². The molecule has 1 aromatic rings. The van der Waals surface area contributed by atoms with E-state index in [1.165, 1.54) is 5.56 Å². The van der Waals surface area contributed by atoms with Crippen LogP contribution in [0.2, 0.25) is 0 Å². The molecule has 4 nitrogen and oxygen atoms in total. The number of nitrogens with zero attached hydrogens (tertiary/aromatic N) is 1. The molecule has 1 heterocycles. The molecule has 0 bridgehead atoms. The van der Waals surface area contributed by atoms with E-state index in [0.29, 0.717) is 5.33 Å². The second kappa shape index (κ2) is 5.92. The van der Waals surface area contributed by atoms with Crippen LogP contribution in [0.4, 0.5) is 0 Å². The number of hydrogen-bond donors (Lipinski definition) is 0. The first-order chi connectivity index (χ1) is 9.11. The minimum absolute atomic E-state index is 0.184. The van der Waals surface area contributed by atoms with Crippen LogP contribution >= 0.6 is 15.9 Å². The highest BCUT2D eigenvalue weighted by molar-refractivity contribution is 9.09. The minimum atomic E-state index is -0.670. The smallest absolute Gasteiger partial charge is 0.234 e. The number of hydrogen-bond acceptors (Lipinski definition) is 4. The molecule has 1 aliphatic heterocycles. The molecule has 19 heavy (non-hydrogen) atoms. The van der Waals surface area contributed by atoms with E-state index < -0.39 is 5.79 Å². The van der Waals surface area contributed by atoms with Gasteiger partial charge in [0.25, 0.3) is 0 Å². The average Bonchev–Trinajstić information content (AvgIpc) is 2.47. The van der Waals surface area contributed by atoms with Gasteiger partial charge >= 0.3 is 0 Å². The van der Waals surface area contributed by atoms with Crippen LogP contribution in [0.1, 0.15) is 24.8 Å². The average molecular weight is 328 g/mol. The zero-order valence-corrected chi connectivity index (χ0v) is 12.9. The van der Waals surface area contributed by atoms with Crippen molar-refractivity contribution < 1.29 is 14.3 Å². The summed E-state index contributed by atoms with van der Waals surface area (Å²) in [6, 6.07) is 8.04. The van der Waals surface area contributed by atoms with Gasteiger partial charge in [-0.1, -0.05) is 33.2 Å². The Morgan fingerprint density at radius 1 is 1.37 bits per heavy atom. The van der Waals surface area contributed by atoms with Crippen molar-refractivity contribution in [2.75, 3.05) is 19.5 Å². The Hall–Kier alpha value is -1.07. The molecular weight excluding hydrogens is 310 g/mol. The number of halogens is 1. The predicted molar refractivity (Wildman–Crippen MR) is 78.1 cm³/mol. The highest BCUT2D eigenvalue weighted by Gasteiger charge is 2.37. The van der Waals surface area contributed by atoms with Gasteiger partial charge in [0, 0.05) is 31.7 Å². The van der Waals surface area contributed by atoms with Gasteiger partial charge in [0.1, 0.15) is 5.75 Å². The maximum atomic E-state index is 5.43. The van der Waals surface area contributed by atoms with Crippen LogP contribution in [-0.2, 0) is 9.57 Å². The van der Waals surface area contributed by atoms with Crippen LogP contribution in [0.5, 0.6) is 5.75 Å². The maximum absolute atomic E-state index is 5.43. The third-order valence-electron chi connectivity index (χ3n) is 3.42. The summed E-state index contributed by atoms with van der Waals surface area (Å²) in [5.41, 5.74) is 2.16. The van der Waals surface area contributed by atoms with Gasteiger partial charge in [0.15, 0.2) is 0 Å². The lowest BCUT2D eigenvalue weighted by atomic mass is 9.87. The summed E-state index contributed by atoms with van der Waals surface area (Å²) in [6.45, 7) is 1.90. The standard InChI is InChI=1S/C14H18BrNO3/c1-14(18-3)8-12(13(9-15)16-19-14)10-4-6-11(17-2)7-5-10/h4-7,12H,8-9H2,1-3H3/t12-,14+/m0/s1. The highest BCUT2D eigenvalue weighted by Crippen LogP contribution is 2.35. The first-order valence-corrected chi connectivity index (χ1v) is 7.24. The molecule has 0 N–H and O–H groups in total. The molecule has 0 amide bonds. The van der Waals surface area contributed by atoms with Crippen LogP contribution in [-0.4, -0.2) is 31.0 Å². The Morgan fingerprint density at radius 3 is 2.58 bits per heavy atom. The lowest BCUT2D eigenvalue weighted by molar-refractivity contribution is -0.221. The molecule has 0 unspecified atom stereocenters. The van der Waals surface area contributed by atoms with E-state index in [-0.39, 0.29) is 5.92 Å². The molecule has 2 rings (SSSR count). The normalized spacial score (nSPS) is 26.5. The van der Waals surface area contributed by atoms with Gasteiger partial charge in [-0.25, -0.2) is 0 Å². The summed E-state index contributed by atoms with van der Waals surface area (Å²) >= 11 is 3.46. The topological polar surface area (TPSA) is 40.0 Å². The van der Waals surface area contributed by atoms with Crippen LogP contribution in [0.15, 0.2) is 29.4 Å². The quantitative estimate of drug-likeness (QED) is 0.796. The van der Waals surface area contributed by atoms with E-state index in [2.05, 4.69) is 33.2 Å². The number of methoxy groups -OCH3 is 2. The molecule has 104 valence electrons. The largest absolute Gasteiger partial charge is 0.497 e. The summed E-state index contributed by atoms with van der Waals surface area (Å²) < 4.78 is 10.6.